The molecule has 0 unspecified atom stereocenters. The van der Waals surface area contributed by atoms with Crippen LogP contribution in [0.15, 0.2) is 40.8 Å². The van der Waals surface area contributed by atoms with Crippen LogP contribution < -0.4 is 5.73 Å². The van der Waals surface area contributed by atoms with Gasteiger partial charge in [0.25, 0.3) is 5.91 Å². The molecule has 1 saturated carbocycles. The number of hydrogen-bond acceptors (Lipinski definition) is 3. The Morgan fingerprint density at radius 3 is 2.75 bits per heavy atom. The van der Waals surface area contributed by atoms with E-state index in [0.717, 1.165) is 18.4 Å². The van der Waals surface area contributed by atoms with Crippen LogP contribution in [0.2, 0.25) is 5.22 Å². The zero-order valence-electron chi connectivity index (χ0n) is 10.9. The number of carbonyl (C=O) groups is 1. The molecule has 1 aromatic carbocycles. The van der Waals surface area contributed by atoms with Gasteiger partial charge in [-0.2, -0.15) is 0 Å². The molecule has 1 aliphatic carbocycles. The summed E-state index contributed by atoms with van der Waals surface area (Å²) in [6.45, 7) is 0.535. The molecule has 2 aromatic rings. The van der Waals surface area contributed by atoms with Gasteiger partial charge in [0.2, 0.25) is 0 Å². The van der Waals surface area contributed by atoms with Crippen molar-refractivity contribution in [1.29, 1.82) is 0 Å². The summed E-state index contributed by atoms with van der Waals surface area (Å²) >= 11 is 5.73. The molecule has 20 heavy (non-hydrogen) atoms. The molecule has 3 rings (SSSR count). The molecule has 1 fully saturated rings. The normalized spacial score (nSPS) is 14.2. The predicted molar refractivity (Wildman–Crippen MR) is 77.5 cm³/mol. The molecule has 104 valence electrons. The Labute approximate surface area is 122 Å². The first-order chi connectivity index (χ1) is 9.63. The Morgan fingerprint density at radius 1 is 1.35 bits per heavy atom. The minimum absolute atomic E-state index is 0.123. The highest BCUT2D eigenvalue weighted by Gasteiger charge is 2.34. The summed E-state index contributed by atoms with van der Waals surface area (Å²) in [5, 5.41) is 0.230. The van der Waals surface area contributed by atoms with Gasteiger partial charge in [0.15, 0.2) is 11.0 Å². The zero-order valence-corrected chi connectivity index (χ0v) is 11.6. The summed E-state index contributed by atoms with van der Waals surface area (Å²) in [5.41, 5.74) is 7.49. The fourth-order valence-corrected chi connectivity index (χ4v) is 2.36. The van der Waals surface area contributed by atoms with Crippen molar-refractivity contribution in [2.75, 3.05) is 5.73 Å². The van der Waals surface area contributed by atoms with Crippen molar-refractivity contribution in [2.24, 2.45) is 0 Å². The molecule has 5 heteroatoms. The molecule has 2 N–H and O–H groups in total. The SMILES string of the molecule is Nc1cccc(CN(C(=O)c2ccc(Cl)o2)C2CC2)c1. The van der Waals surface area contributed by atoms with Crippen molar-refractivity contribution in [1.82, 2.24) is 4.90 Å². The van der Waals surface area contributed by atoms with E-state index >= 15 is 0 Å². The van der Waals surface area contributed by atoms with Gasteiger partial charge in [-0.3, -0.25) is 4.79 Å². The standard InChI is InChI=1S/C15H15ClN2O2/c16-14-7-6-13(20-14)15(19)18(12-4-5-12)9-10-2-1-3-11(17)8-10/h1-3,6-8,12H,4-5,9,17H2. The second-order valence-electron chi connectivity index (χ2n) is 5.01. The molecule has 0 spiro atoms. The third-order valence-corrected chi connectivity index (χ3v) is 3.54. The second-order valence-corrected chi connectivity index (χ2v) is 5.39. The first kappa shape index (κ1) is 13.1. The molecule has 0 radical (unpaired) electrons. The van der Waals surface area contributed by atoms with E-state index in [-0.39, 0.29) is 22.9 Å². The van der Waals surface area contributed by atoms with E-state index in [4.69, 9.17) is 21.8 Å². The lowest BCUT2D eigenvalue weighted by molar-refractivity contribution is 0.0697. The summed E-state index contributed by atoms with van der Waals surface area (Å²) in [6.07, 6.45) is 2.06. The summed E-state index contributed by atoms with van der Waals surface area (Å²) in [6, 6.07) is 11.1. The maximum Gasteiger partial charge on any atom is 0.290 e. The molecule has 1 amide bonds. The average molecular weight is 291 g/mol. The van der Waals surface area contributed by atoms with Gasteiger partial charge >= 0.3 is 0 Å². The predicted octanol–water partition coefficient (Wildman–Crippen LogP) is 3.32. The van der Waals surface area contributed by atoms with E-state index < -0.39 is 0 Å². The fraction of sp³-hybridized carbons (Fsp3) is 0.267. The number of hydrogen-bond donors (Lipinski definition) is 1. The number of benzene rings is 1. The van der Waals surface area contributed by atoms with Gasteiger partial charge < -0.3 is 15.1 Å². The Bertz CT molecular complexity index is 634. The number of anilines is 1. The van der Waals surface area contributed by atoms with Crippen LogP contribution in [0.3, 0.4) is 0 Å². The second kappa shape index (κ2) is 5.21. The number of carbonyl (C=O) groups excluding carboxylic acids is 1. The minimum Gasteiger partial charge on any atom is -0.440 e. The number of nitrogens with two attached hydrogens (primary N) is 1. The molecule has 0 bridgehead atoms. The van der Waals surface area contributed by atoms with Crippen molar-refractivity contribution in [3.8, 4) is 0 Å². The van der Waals surface area contributed by atoms with Crippen LogP contribution >= 0.6 is 11.6 Å². The van der Waals surface area contributed by atoms with Gasteiger partial charge in [-0.05, 0) is 54.3 Å². The van der Waals surface area contributed by atoms with Crippen molar-refractivity contribution < 1.29 is 9.21 Å². The first-order valence-electron chi connectivity index (χ1n) is 6.54. The van der Waals surface area contributed by atoms with Crippen molar-refractivity contribution in [3.05, 3.63) is 52.9 Å². The largest absolute Gasteiger partial charge is 0.440 e. The molecular weight excluding hydrogens is 276 g/mol. The van der Waals surface area contributed by atoms with Crippen molar-refractivity contribution in [2.45, 2.75) is 25.4 Å². The van der Waals surface area contributed by atoms with Gasteiger partial charge in [0.05, 0.1) is 0 Å². The van der Waals surface area contributed by atoms with Gasteiger partial charge in [0, 0.05) is 18.3 Å². The van der Waals surface area contributed by atoms with E-state index in [1.165, 1.54) is 0 Å². The van der Waals surface area contributed by atoms with Crippen molar-refractivity contribution in [3.63, 3.8) is 0 Å². The van der Waals surface area contributed by atoms with E-state index in [9.17, 15) is 4.79 Å². The minimum atomic E-state index is -0.123. The van der Waals surface area contributed by atoms with E-state index in [0.29, 0.717) is 12.2 Å². The number of amides is 1. The molecule has 0 aliphatic heterocycles. The lowest BCUT2D eigenvalue weighted by Crippen LogP contribution is -2.32. The van der Waals surface area contributed by atoms with Crippen molar-refractivity contribution >= 4 is 23.2 Å². The third kappa shape index (κ3) is 2.80. The topological polar surface area (TPSA) is 59.5 Å². The van der Waals surface area contributed by atoms with Crippen LogP contribution in [0.4, 0.5) is 5.69 Å². The Kier molecular flexibility index (Phi) is 3.40. The lowest BCUT2D eigenvalue weighted by atomic mass is 10.2. The molecule has 0 atom stereocenters. The Hall–Kier alpha value is -1.94. The highest BCUT2D eigenvalue weighted by Crippen LogP contribution is 2.30. The van der Waals surface area contributed by atoms with Gasteiger partial charge in [-0.25, -0.2) is 0 Å². The number of halogens is 1. The number of nitrogens with zero attached hydrogens (tertiary/aromatic N) is 1. The van der Waals surface area contributed by atoms with Gasteiger partial charge in [-0.15, -0.1) is 0 Å². The fourth-order valence-electron chi connectivity index (χ4n) is 2.21. The smallest absolute Gasteiger partial charge is 0.290 e. The molecule has 1 heterocycles. The Balaban J connectivity index is 1.81. The maximum atomic E-state index is 12.5. The molecular formula is C15H15ClN2O2. The summed E-state index contributed by atoms with van der Waals surface area (Å²) in [4.78, 5) is 14.3. The van der Waals surface area contributed by atoms with Crippen LogP contribution in [0.5, 0.6) is 0 Å². The van der Waals surface area contributed by atoms with Crippen LogP contribution in [-0.2, 0) is 6.54 Å². The molecule has 4 nitrogen and oxygen atoms in total. The maximum absolute atomic E-state index is 12.5. The first-order valence-corrected chi connectivity index (χ1v) is 6.92. The molecule has 1 aliphatic rings. The average Bonchev–Trinajstić information content (AvgIpc) is 3.17. The zero-order chi connectivity index (χ0) is 14.1. The quantitative estimate of drug-likeness (QED) is 0.879. The van der Waals surface area contributed by atoms with E-state index in [1.54, 1.807) is 12.1 Å². The van der Waals surface area contributed by atoms with E-state index in [2.05, 4.69) is 0 Å². The van der Waals surface area contributed by atoms with E-state index in [1.807, 2.05) is 29.2 Å². The van der Waals surface area contributed by atoms with Gasteiger partial charge in [0.1, 0.15) is 0 Å². The summed E-state index contributed by atoms with van der Waals surface area (Å²) < 4.78 is 5.22. The number of rotatable bonds is 4. The highest BCUT2D eigenvalue weighted by molar-refractivity contribution is 6.29. The van der Waals surface area contributed by atoms with Crippen LogP contribution in [0.1, 0.15) is 29.0 Å². The third-order valence-electron chi connectivity index (χ3n) is 3.34. The van der Waals surface area contributed by atoms with Gasteiger partial charge in [-0.1, -0.05) is 12.1 Å². The molecule has 1 aromatic heterocycles. The summed E-state index contributed by atoms with van der Waals surface area (Å²) in [5.74, 6) is 0.160. The number of furan rings is 1. The Morgan fingerprint density at radius 2 is 2.15 bits per heavy atom. The molecule has 0 saturated heterocycles. The van der Waals surface area contributed by atoms with Crippen LogP contribution in [-0.4, -0.2) is 16.8 Å². The van der Waals surface area contributed by atoms with Crippen LogP contribution in [0.25, 0.3) is 0 Å². The monoisotopic (exact) mass is 290 g/mol. The number of nitrogen functional groups attached to an aromatic ring is 1. The highest BCUT2D eigenvalue weighted by atomic mass is 35.5. The van der Waals surface area contributed by atoms with Crippen LogP contribution in [0, 0.1) is 0 Å². The lowest BCUT2D eigenvalue weighted by Gasteiger charge is -2.21. The summed E-state index contributed by atoms with van der Waals surface area (Å²) in [7, 11) is 0.